The number of amides is 1. The van der Waals surface area contributed by atoms with Crippen molar-refractivity contribution >= 4 is 28.9 Å². The Labute approximate surface area is 153 Å². The van der Waals surface area contributed by atoms with Crippen LogP contribution in [-0.2, 0) is 0 Å². The van der Waals surface area contributed by atoms with Gasteiger partial charge in [-0.25, -0.2) is 0 Å². The Kier molecular flexibility index (Phi) is 6.36. The van der Waals surface area contributed by atoms with E-state index in [2.05, 4.69) is 10.6 Å². The number of phenolic OH excluding ortho intramolecular Hbond substituents is 1. The molecule has 0 heterocycles. The molecule has 132 valence electrons. The number of carbonyl (C=O) groups is 1. The number of hydrogen-bond acceptors (Lipinski definition) is 4. The van der Waals surface area contributed by atoms with Crippen molar-refractivity contribution in [2.75, 3.05) is 5.32 Å². The number of phenols is 1. The maximum Gasteiger partial charge on any atom is 0.257 e. The minimum absolute atomic E-state index is 0.0637. The molecule has 0 aliphatic rings. The zero-order valence-electron chi connectivity index (χ0n) is 14.5. The van der Waals surface area contributed by atoms with Crippen LogP contribution in [0.2, 0.25) is 0 Å². The standard InChI is InChI=1S/C19H22N2O3S/c1-4-13(3)24-15-8-6-14(7-9-15)18(23)21-19(25)20-16-11-12(2)5-10-17(16)22/h5-11,13,22H,4H2,1-3H3,(H2,20,21,23,25). The molecule has 0 aliphatic carbocycles. The van der Waals surface area contributed by atoms with E-state index in [1.165, 1.54) is 0 Å². The van der Waals surface area contributed by atoms with E-state index in [1.54, 1.807) is 42.5 Å². The fraction of sp³-hybridized carbons (Fsp3) is 0.263. The van der Waals surface area contributed by atoms with E-state index in [1.807, 2.05) is 20.8 Å². The van der Waals surface area contributed by atoms with Gasteiger partial charge in [0, 0.05) is 5.56 Å². The molecule has 1 unspecified atom stereocenters. The molecule has 25 heavy (non-hydrogen) atoms. The van der Waals surface area contributed by atoms with Gasteiger partial charge < -0.3 is 15.2 Å². The van der Waals surface area contributed by atoms with Crippen molar-refractivity contribution in [2.24, 2.45) is 0 Å². The summed E-state index contributed by atoms with van der Waals surface area (Å²) in [6, 6.07) is 12.0. The summed E-state index contributed by atoms with van der Waals surface area (Å²) in [4.78, 5) is 12.2. The average Bonchev–Trinajstić information content (AvgIpc) is 2.58. The summed E-state index contributed by atoms with van der Waals surface area (Å²) in [5, 5.41) is 15.3. The topological polar surface area (TPSA) is 70.6 Å². The van der Waals surface area contributed by atoms with Crippen LogP contribution in [0.15, 0.2) is 42.5 Å². The van der Waals surface area contributed by atoms with Gasteiger partial charge in [-0.05, 0) is 74.4 Å². The summed E-state index contributed by atoms with van der Waals surface area (Å²) >= 11 is 5.13. The molecule has 0 bridgehead atoms. The van der Waals surface area contributed by atoms with Crippen LogP contribution in [0.4, 0.5) is 5.69 Å². The summed E-state index contributed by atoms with van der Waals surface area (Å²) in [5.74, 6) is 0.449. The molecule has 6 heteroatoms. The molecule has 2 aromatic carbocycles. The maximum atomic E-state index is 12.2. The molecule has 5 nitrogen and oxygen atoms in total. The summed E-state index contributed by atoms with van der Waals surface area (Å²) in [7, 11) is 0. The van der Waals surface area contributed by atoms with Gasteiger partial charge in [-0.15, -0.1) is 0 Å². The fourth-order valence-electron chi connectivity index (χ4n) is 2.08. The average molecular weight is 358 g/mol. The van der Waals surface area contributed by atoms with Crippen molar-refractivity contribution < 1.29 is 14.6 Å². The van der Waals surface area contributed by atoms with Crippen LogP contribution in [0.1, 0.15) is 36.2 Å². The molecule has 0 saturated heterocycles. The van der Waals surface area contributed by atoms with E-state index in [0.717, 1.165) is 17.7 Å². The second-order valence-corrected chi connectivity index (χ2v) is 6.20. The van der Waals surface area contributed by atoms with Crippen LogP contribution >= 0.6 is 12.2 Å². The number of ether oxygens (including phenoxy) is 1. The number of rotatable bonds is 5. The van der Waals surface area contributed by atoms with Gasteiger partial charge >= 0.3 is 0 Å². The highest BCUT2D eigenvalue weighted by Crippen LogP contribution is 2.23. The van der Waals surface area contributed by atoms with Gasteiger partial charge in [0.1, 0.15) is 11.5 Å². The molecule has 2 aromatic rings. The normalized spacial score (nSPS) is 11.5. The van der Waals surface area contributed by atoms with Gasteiger partial charge in [-0.1, -0.05) is 13.0 Å². The minimum atomic E-state index is -0.334. The van der Waals surface area contributed by atoms with Crippen LogP contribution in [0.25, 0.3) is 0 Å². The van der Waals surface area contributed by atoms with Gasteiger partial charge in [-0.2, -0.15) is 0 Å². The maximum absolute atomic E-state index is 12.2. The number of aryl methyl sites for hydroxylation is 1. The summed E-state index contributed by atoms with van der Waals surface area (Å²) in [6.07, 6.45) is 1.03. The van der Waals surface area contributed by atoms with Crippen LogP contribution in [-0.4, -0.2) is 22.2 Å². The van der Waals surface area contributed by atoms with E-state index in [0.29, 0.717) is 11.3 Å². The highest BCUT2D eigenvalue weighted by atomic mass is 32.1. The quantitative estimate of drug-likeness (QED) is 0.557. The third-order valence-corrected chi connectivity index (χ3v) is 3.86. The molecule has 3 N–H and O–H groups in total. The fourth-order valence-corrected chi connectivity index (χ4v) is 2.28. The van der Waals surface area contributed by atoms with Gasteiger partial charge in [0.25, 0.3) is 5.91 Å². The first-order valence-corrected chi connectivity index (χ1v) is 8.48. The van der Waals surface area contributed by atoms with E-state index in [4.69, 9.17) is 17.0 Å². The lowest BCUT2D eigenvalue weighted by Gasteiger charge is -2.13. The summed E-state index contributed by atoms with van der Waals surface area (Å²) < 4.78 is 5.69. The molecule has 1 amide bonds. The van der Waals surface area contributed by atoms with Crippen molar-refractivity contribution in [3.05, 3.63) is 53.6 Å². The Morgan fingerprint density at radius 1 is 1.24 bits per heavy atom. The molecule has 0 spiro atoms. The zero-order valence-corrected chi connectivity index (χ0v) is 15.3. The first kappa shape index (κ1) is 18.7. The van der Waals surface area contributed by atoms with E-state index in [-0.39, 0.29) is 22.9 Å². The van der Waals surface area contributed by atoms with E-state index in [9.17, 15) is 9.90 Å². The summed E-state index contributed by atoms with van der Waals surface area (Å²) in [6.45, 7) is 5.94. The van der Waals surface area contributed by atoms with Crippen molar-refractivity contribution in [3.63, 3.8) is 0 Å². The predicted molar refractivity (Wildman–Crippen MR) is 103 cm³/mol. The Bertz CT molecular complexity index is 760. The lowest BCUT2D eigenvalue weighted by atomic mass is 10.2. The van der Waals surface area contributed by atoms with Crippen LogP contribution < -0.4 is 15.4 Å². The first-order valence-electron chi connectivity index (χ1n) is 8.07. The zero-order chi connectivity index (χ0) is 18.4. The molecule has 2 rings (SSSR count). The Hall–Kier alpha value is -2.60. The predicted octanol–water partition coefficient (Wildman–Crippen LogP) is 4.00. The van der Waals surface area contributed by atoms with Crippen molar-refractivity contribution in [1.29, 1.82) is 0 Å². The second-order valence-electron chi connectivity index (χ2n) is 5.79. The van der Waals surface area contributed by atoms with Crippen molar-refractivity contribution in [1.82, 2.24) is 5.32 Å². The smallest absolute Gasteiger partial charge is 0.257 e. The highest BCUT2D eigenvalue weighted by molar-refractivity contribution is 7.80. The lowest BCUT2D eigenvalue weighted by molar-refractivity contribution is 0.0977. The number of carbonyl (C=O) groups excluding carboxylic acids is 1. The molecule has 0 fully saturated rings. The SMILES string of the molecule is CCC(C)Oc1ccc(C(=O)NC(=S)Nc2cc(C)ccc2O)cc1. The lowest BCUT2D eigenvalue weighted by Crippen LogP contribution is -2.34. The molecule has 0 aromatic heterocycles. The largest absolute Gasteiger partial charge is 0.506 e. The number of hydrogen-bond donors (Lipinski definition) is 3. The van der Waals surface area contributed by atoms with Crippen LogP contribution in [0.3, 0.4) is 0 Å². The number of thiocarbonyl (C=S) groups is 1. The number of nitrogens with one attached hydrogen (secondary N) is 2. The third kappa shape index (κ3) is 5.46. The van der Waals surface area contributed by atoms with Gasteiger partial charge in [0.15, 0.2) is 5.11 Å². The molecule has 0 saturated carbocycles. The second kappa shape index (κ2) is 8.48. The van der Waals surface area contributed by atoms with Gasteiger partial charge in [0.05, 0.1) is 11.8 Å². The number of anilines is 1. The number of benzene rings is 2. The Morgan fingerprint density at radius 2 is 1.92 bits per heavy atom. The minimum Gasteiger partial charge on any atom is -0.506 e. The Balaban J connectivity index is 1.96. The molecule has 1 atom stereocenters. The Morgan fingerprint density at radius 3 is 2.56 bits per heavy atom. The van der Waals surface area contributed by atoms with Crippen LogP contribution in [0.5, 0.6) is 11.5 Å². The van der Waals surface area contributed by atoms with E-state index < -0.39 is 0 Å². The van der Waals surface area contributed by atoms with Crippen LogP contribution in [0, 0.1) is 6.92 Å². The first-order chi connectivity index (χ1) is 11.9. The molecular formula is C19H22N2O3S. The molecule has 0 radical (unpaired) electrons. The van der Waals surface area contributed by atoms with Gasteiger partial charge in [0.2, 0.25) is 0 Å². The van der Waals surface area contributed by atoms with Crippen molar-refractivity contribution in [2.45, 2.75) is 33.3 Å². The molecule has 0 aliphatic heterocycles. The monoisotopic (exact) mass is 358 g/mol. The van der Waals surface area contributed by atoms with E-state index >= 15 is 0 Å². The molecular weight excluding hydrogens is 336 g/mol. The third-order valence-electron chi connectivity index (χ3n) is 3.66. The summed E-state index contributed by atoms with van der Waals surface area (Å²) in [5.41, 5.74) is 1.88. The van der Waals surface area contributed by atoms with Gasteiger partial charge in [-0.3, -0.25) is 10.1 Å². The highest BCUT2D eigenvalue weighted by Gasteiger charge is 2.10. The van der Waals surface area contributed by atoms with Crippen molar-refractivity contribution in [3.8, 4) is 11.5 Å². The number of aromatic hydroxyl groups is 1.